The summed E-state index contributed by atoms with van der Waals surface area (Å²) in [4.78, 5) is 0. The van der Waals surface area contributed by atoms with Gasteiger partial charge in [-0.3, -0.25) is 0 Å². The van der Waals surface area contributed by atoms with Crippen LogP contribution in [0.4, 0.5) is 4.39 Å². The van der Waals surface area contributed by atoms with E-state index in [1.165, 1.54) is 7.11 Å². The van der Waals surface area contributed by atoms with Crippen molar-refractivity contribution >= 4 is 0 Å². The SMILES string of the molecule is COc1ccc(OCc2ccccc2)c(F)c1CC(C)(C)N. The van der Waals surface area contributed by atoms with Crippen LogP contribution in [-0.4, -0.2) is 12.6 Å². The number of ether oxygens (including phenoxy) is 2. The van der Waals surface area contributed by atoms with Gasteiger partial charge in [0.25, 0.3) is 0 Å². The Balaban J connectivity index is 2.23. The van der Waals surface area contributed by atoms with E-state index < -0.39 is 11.4 Å². The lowest BCUT2D eigenvalue weighted by molar-refractivity contribution is 0.286. The maximum absolute atomic E-state index is 14.7. The quantitative estimate of drug-likeness (QED) is 0.885. The summed E-state index contributed by atoms with van der Waals surface area (Å²) in [7, 11) is 1.52. The fourth-order valence-corrected chi connectivity index (χ4v) is 2.24. The van der Waals surface area contributed by atoms with Crippen LogP contribution >= 0.6 is 0 Å². The maximum Gasteiger partial charge on any atom is 0.172 e. The molecule has 0 saturated carbocycles. The highest BCUT2D eigenvalue weighted by Crippen LogP contribution is 2.31. The van der Waals surface area contributed by atoms with Crippen LogP contribution in [-0.2, 0) is 13.0 Å². The van der Waals surface area contributed by atoms with E-state index in [9.17, 15) is 4.39 Å². The average Bonchev–Trinajstić information content (AvgIpc) is 2.48. The van der Waals surface area contributed by atoms with Crippen molar-refractivity contribution in [3.8, 4) is 11.5 Å². The molecule has 0 aromatic heterocycles. The molecule has 2 aromatic rings. The van der Waals surface area contributed by atoms with E-state index in [0.717, 1.165) is 5.56 Å². The third-order valence-corrected chi connectivity index (χ3v) is 3.25. The lowest BCUT2D eigenvalue weighted by Crippen LogP contribution is -2.35. The summed E-state index contributed by atoms with van der Waals surface area (Å²) in [5, 5.41) is 0. The van der Waals surface area contributed by atoms with Crippen LogP contribution in [0.1, 0.15) is 25.0 Å². The Hall–Kier alpha value is -2.07. The van der Waals surface area contributed by atoms with Crippen molar-refractivity contribution in [3.05, 3.63) is 59.4 Å². The highest BCUT2D eigenvalue weighted by Gasteiger charge is 2.21. The first-order valence-electron chi connectivity index (χ1n) is 7.21. The molecule has 0 fully saturated rings. The third-order valence-electron chi connectivity index (χ3n) is 3.25. The van der Waals surface area contributed by atoms with E-state index >= 15 is 0 Å². The zero-order chi connectivity index (χ0) is 16.2. The monoisotopic (exact) mass is 303 g/mol. The number of nitrogens with two attached hydrogens (primary N) is 1. The van der Waals surface area contributed by atoms with Crippen molar-refractivity contribution < 1.29 is 13.9 Å². The number of methoxy groups -OCH3 is 1. The third kappa shape index (κ3) is 4.21. The molecule has 0 saturated heterocycles. The minimum atomic E-state index is -0.536. The van der Waals surface area contributed by atoms with Crippen molar-refractivity contribution in [2.45, 2.75) is 32.4 Å². The second-order valence-electron chi connectivity index (χ2n) is 6.00. The van der Waals surface area contributed by atoms with Crippen LogP contribution in [0.2, 0.25) is 0 Å². The predicted molar refractivity (Wildman–Crippen MR) is 85.7 cm³/mol. The van der Waals surface area contributed by atoms with Gasteiger partial charge in [0, 0.05) is 11.1 Å². The largest absolute Gasteiger partial charge is 0.496 e. The van der Waals surface area contributed by atoms with E-state index in [2.05, 4.69) is 0 Å². The lowest BCUT2D eigenvalue weighted by Gasteiger charge is -2.21. The molecule has 2 rings (SSSR count). The molecule has 22 heavy (non-hydrogen) atoms. The molecule has 0 bridgehead atoms. The maximum atomic E-state index is 14.7. The summed E-state index contributed by atoms with van der Waals surface area (Å²) in [6.45, 7) is 4.02. The molecule has 3 nitrogen and oxygen atoms in total. The summed E-state index contributed by atoms with van der Waals surface area (Å²) in [6.07, 6.45) is 0.366. The van der Waals surface area contributed by atoms with Gasteiger partial charge in [0.05, 0.1) is 7.11 Å². The fraction of sp³-hybridized carbons (Fsp3) is 0.333. The average molecular weight is 303 g/mol. The van der Waals surface area contributed by atoms with E-state index in [0.29, 0.717) is 24.3 Å². The molecule has 118 valence electrons. The molecule has 0 aliphatic heterocycles. The zero-order valence-electron chi connectivity index (χ0n) is 13.2. The Kier molecular flexibility index (Phi) is 5.03. The minimum absolute atomic E-state index is 0.212. The van der Waals surface area contributed by atoms with Crippen molar-refractivity contribution in [3.63, 3.8) is 0 Å². The lowest BCUT2D eigenvalue weighted by atomic mass is 9.95. The van der Waals surface area contributed by atoms with Gasteiger partial charge in [-0.15, -0.1) is 0 Å². The number of hydrogen-bond donors (Lipinski definition) is 1. The molecule has 0 aliphatic rings. The minimum Gasteiger partial charge on any atom is -0.496 e. The van der Waals surface area contributed by atoms with Gasteiger partial charge in [-0.25, -0.2) is 4.39 Å². The molecule has 2 aromatic carbocycles. The number of rotatable bonds is 6. The molecule has 2 N–H and O–H groups in total. The predicted octanol–water partition coefficient (Wildman–Crippen LogP) is 3.69. The van der Waals surface area contributed by atoms with Crippen LogP contribution in [0, 0.1) is 5.82 Å². The summed E-state index contributed by atoms with van der Waals surface area (Å²) < 4.78 is 25.5. The van der Waals surface area contributed by atoms with Crippen LogP contribution < -0.4 is 15.2 Å². The van der Waals surface area contributed by atoms with Gasteiger partial charge >= 0.3 is 0 Å². The summed E-state index contributed by atoms with van der Waals surface area (Å²) >= 11 is 0. The first-order chi connectivity index (χ1) is 10.4. The van der Waals surface area contributed by atoms with Crippen LogP contribution in [0.3, 0.4) is 0 Å². The van der Waals surface area contributed by atoms with E-state index in [1.807, 2.05) is 44.2 Å². The Morgan fingerprint density at radius 3 is 2.27 bits per heavy atom. The summed E-state index contributed by atoms with van der Waals surface area (Å²) in [5.41, 5.74) is 6.91. The number of halogens is 1. The fourth-order valence-electron chi connectivity index (χ4n) is 2.24. The van der Waals surface area contributed by atoms with Gasteiger partial charge in [0.1, 0.15) is 12.4 Å². The van der Waals surface area contributed by atoms with Gasteiger partial charge in [-0.05, 0) is 38.0 Å². The van der Waals surface area contributed by atoms with E-state index in [1.54, 1.807) is 12.1 Å². The van der Waals surface area contributed by atoms with E-state index in [4.69, 9.17) is 15.2 Å². The molecule has 0 spiro atoms. The molecule has 0 amide bonds. The first kappa shape index (κ1) is 16.3. The Morgan fingerprint density at radius 2 is 1.68 bits per heavy atom. The van der Waals surface area contributed by atoms with Crippen molar-refractivity contribution in [1.82, 2.24) is 0 Å². The van der Waals surface area contributed by atoms with Gasteiger partial charge in [0.15, 0.2) is 11.6 Å². The number of hydrogen-bond acceptors (Lipinski definition) is 3. The van der Waals surface area contributed by atoms with Crippen molar-refractivity contribution in [2.75, 3.05) is 7.11 Å². The van der Waals surface area contributed by atoms with Crippen LogP contribution in [0.5, 0.6) is 11.5 Å². The topological polar surface area (TPSA) is 44.5 Å². The molecule has 0 heterocycles. The normalized spacial score (nSPS) is 11.3. The zero-order valence-corrected chi connectivity index (χ0v) is 13.2. The van der Waals surface area contributed by atoms with Gasteiger partial charge in [0.2, 0.25) is 0 Å². The molecule has 0 aliphatic carbocycles. The van der Waals surface area contributed by atoms with Crippen molar-refractivity contribution in [1.29, 1.82) is 0 Å². The Bertz CT molecular complexity index is 621. The molecule has 0 unspecified atom stereocenters. The molecular formula is C18H22FNO2. The van der Waals surface area contributed by atoms with Gasteiger partial charge in [-0.2, -0.15) is 0 Å². The molecule has 4 heteroatoms. The second-order valence-corrected chi connectivity index (χ2v) is 6.00. The second kappa shape index (κ2) is 6.79. The molecular weight excluding hydrogens is 281 g/mol. The van der Waals surface area contributed by atoms with Gasteiger partial charge < -0.3 is 15.2 Å². The van der Waals surface area contributed by atoms with Crippen LogP contribution in [0.25, 0.3) is 0 Å². The Morgan fingerprint density at radius 1 is 1.05 bits per heavy atom. The van der Waals surface area contributed by atoms with Crippen LogP contribution in [0.15, 0.2) is 42.5 Å². The molecule has 0 atom stereocenters. The summed E-state index contributed by atoms with van der Waals surface area (Å²) in [5.74, 6) is 0.292. The highest BCUT2D eigenvalue weighted by molar-refractivity contribution is 5.43. The Labute approximate surface area is 130 Å². The number of benzene rings is 2. The van der Waals surface area contributed by atoms with Crippen molar-refractivity contribution in [2.24, 2.45) is 5.73 Å². The standard InChI is InChI=1S/C18H22FNO2/c1-18(2,20)11-14-15(21-3)9-10-16(17(14)19)22-12-13-7-5-4-6-8-13/h4-10H,11-12,20H2,1-3H3. The van der Waals surface area contributed by atoms with E-state index in [-0.39, 0.29) is 5.75 Å². The highest BCUT2D eigenvalue weighted by atomic mass is 19.1. The first-order valence-corrected chi connectivity index (χ1v) is 7.21. The molecule has 0 radical (unpaired) electrons. The smallest absolute Gasteiger partial charge is 0.172 e. The summed E-state index contributed by atoms with van der Waals surface area (Å²) in [6, 6.07) is 12.9. The van der Waals surface area contributed by atoms with Gasteiger partial charge in [-0.1, -0.05) is 30.3 Å².